The molecule has 0 saturated carbocycles. The number of halogens is 3. The second kappa shape index (κ2) is 7.38. The van der Waals surface area contributed by atoms with E-state index in [1.807, 2.05) is 0 Å². The standard InChI is InChI=1S/C19H15F3N4O3/c1-12-17(18(27)25(24(12)2)13-7-4-3-5-8-13)23-11-14-15(19(20,21)22)9-6-10-16(14)26(28)29/h3-11H,1-2H3. The Hall–Kier alpha value is -3.69. The van der Waals surface area contributed by atoms with Crippen molar-refractivity contribution in [2.75, 3.05) is 0 Å². The van der Waals surface area contributed by atoms with Gasteiger partial charge in [0.1, 0.15) is 0 Å². The highest BCUT2D eigenvalue weighted by Crippen LogP contribution is 2.35. The molecule has 150 valence electrons. The summed E-state index contributed by atoms with van der Waals surface area (Å²) in [7, 11) is 1.61. The van der Waals surface area contributed by atoms with E-state index in [0.29, 0.717) is 11.4 Å². The number of hydrogen-bond acceptors (Lipinski definition) is 4. The van der Waals surface area contributed by atoms with E-state index in [-0.39, 0.29) is 5.69 Å². The molecule has 0 amide bonds. The van der Waals surface area contributed by atoms with Gasteiger partial charge in [-0.25, -0.2) is 9.67 Å². The summed E-state index contributed by atoms with van der Waals surface area (Å²) in [4.78, 5) is 27.0. The Balaban J connectivity index is 2.18. The topological polar surface area (TPSA) is 82.4 Å². The second-order valence-corrected chi connectivity index (χ2v) is 6.16. The van der Waals surface area contributed by atoms with Crippen LogP contribution in [0.3, 0.4) is 0 Å². The number of nitro groups is 1. The first-order chi connectivity index (χ1) is 13.6. The zero-order valence-corrected chi connectivity index (χ0v) is 15.3. The lowest BCUT2D eigenvalue weighted by atomic mass is 10.1. The third-order valence-electron chi connectivity index (χ3n) is 4.43. The minimum absolute atomic E-state index is 0.109. The van der Waals surface area contributed by atoms with Crippen molar-refractivity contribution in [1.82, 2.24) is 9.36 Å². The maximum absolute atomic E-state index is 13.3. The number of nitro benzene ring substituents is 1. The monoisotopic (exact) mass is 404 g/mol. The Kier molecular flexibility index (Phi) is 5.10. The molecule has 0 aliphatic carbocycles. The molecule has 3 rings (SSSR count). The Morgan fingerprint density at radius 2 is 1.76 bits per heavy atom. The molecule has 10 heteroatoms. The summed E-state index contributed by atoms with van der Waals surface area (Å²) in [5, 5.41) is 11.2. The quantitative estimate of drug-likeness (QED) is 0.372. The van der Waals surface area contributed by atoms with Gasteiger partial charge >= 0.3 is 6.18 Å². The maximum atomic E-state index is 13.3. The molecule has 0 radical (unpaired) electrons. The van der Waals surface area contributed by atoms with Gasteiger partial charge in [0.15, 0.2) is 5.69 Å². The van der Waals surface area contributed by atoms with Crippen molar-refractivity contribution in [2.45, 2.75) is 13.1 Å². The number of aliphatic imine (C=N–C) groups is 1. The average molecular weight is 404 g/mol. The molecule has 0 bridgehead atoms. The fourth-order valence-corrected chi connectivity index (χ4v) is 2.93. The Labute approximate surface area is 162 Å². The number of benzene rings is 2. The molecule has 0 saturated heterocycles. The van der Waals surface area contributed by atoms with Gasteiger partial charge in [-0.1, -0.05) is 24.3 Å². The molecule has 0 atom stereocenters. The lowest BCUT2D eigenvalue weighted by molar-refractivity contribution is -0.385. The Bertz CT molecular complexity index is 1160. The molecule has 29 heavy (non-hydrogen) atoms. The van der Waals surface area contributed by atoms with E-state index < -0.39 is 33.5 Å². The van der Waals surface area contributed by atoms with Gasteiger partial charge < -0.3 is 0 Å². The van der Waals surface area contributed by atoms with Crippen LogP contribution < -0.4 is 5.56 Å². The zero-order chi connectivity index (χ0) is 21.3. The van der Waals surface area contributed by atoms with Crippen LogP contribution in [0.4, 0.5) is 24.5 Å². The van der Waals surface area contributed by atoms with Crippen molar-refractivity contribution < 1.29 is 18.1 Å². The van der Waals surface area contributed by atoms with Crippen LogP contribution in [0.1, 0.15) is 16.8 Å². The van der Waals surface area contributed by atoms with Crippen LogP contribution in [0.25, 0.3) is 5.69 Å². The number of para-hydroxylation sites is 1. The zero-order valence-electron chi connectivity index (χ0n) is 15.3. The first-order valence-electron chi connectivity index (χ1n) is 8.35. The highest BCUT2D eigenvalue weighted by molar-refractivity contribution is 5.89. The van der Waals surface area contributed by atoms with Gasteiger partial charge in [0, 0.05) is 19.3 Å². The summed E-state index contributed by atoms with van der Waals surface area (Å²) >= 11 is 0. The molecule has 1 aromatic heterocycles. The lowest BCUT2D eigenvalue weighted by Gasteiger charge is -2.09. The van der Waals surface area contributed by atoms with Gasteiger partial charge in [-0.15, -0.1) is 0 Å². The van der Waals surface area contributed by atoms with Crippen molar-refractivity contribution in [3.63, 3.8) is 0 Å². The molecule has 3 aromatic rings. The highest BCUT2D eigenvalue weighted by atomic mass is 19.4. The van der Waals surface area contributed by atoms with Crippen molar-refractivity contribution in [3.05, 3.63) is 85.8 Å². The third-order valence-corrected chi connectivity index (χ3v) is 4.43. The van der Waals surface area contributed by atoms with Crippen LogP contribution in [-0.2, 0) is 13.2 Å². The van der Waals surface area contributed by atoms with E-state index in [1.54, 1.807) is 44.3 Å². The Morgan fingerprint density at radius 3 is 2.34 bits per heavy atom. The normalized spacial score (nSPS) is 11.9. The van der Waals surface area contributed by atoms with Crippen molar-refractivity contribution >= 4 is 17.6 Å². The van der Waals surface area contributed by atoms with Gasteiger partial charge in [0.05, 0.1) is 27.4 Å². The van der Waals surface area contributed by atoms with Crippen LogP contribution in [0.5, 0.6) is 0 Å². The van der Waals surface area contributed by atoms with Crippen molar-refractivity contribution in [3.8, 4) is 5.69 Å². The largest absolute Gasteiger partial charge is 0.417 e. The summed E-state index contributed by atoms with van der Waals surface area (Å²) in [6.07, 6.45) is -4.09. The van der Waals surface area contributed by atoms with Gasteiger partial charge in [-0.2, -0.15) is 13.2 Å². The van der Waals surface area contributed by atoms with Gasteiger partial charge in [0.25, 0.3) is 11.2 Å². The number of nitrogens with zero attached hydrogens (tertiary/aromatic N) is 4. The maximum Gasteiger partial charge on any atom is 0.417 e. The average Bonchev–Trinajstić information content (AvgIpc) is 2.88. The van der Waals surface area contributed by atoms with Gasteiger partial charge in [0.2, 0.25) is 0 Å². The van der Waals surface area contributed by atoms with Crippen molar-refractivity contribution in [1.29, 1.82) is 0 Å². The summed E-state index contributed by atoms with van der Waals surface area (Å²) in [6.45, 7) is 1.58. The molecule has 7 nitrogen and oxygen atoms in total. The van der Waals surface area contributed by atoms with E-state index in [4.69, 9.17) is 0 Å². The van der Waals surface area contributed by atoms with Gasteiger partial charge in [-0.3, -0.25) is 19.6 Å². The van der Waals surface area contributed by atoms with Crippen LogP contribution in [0.15, 0.2) is 58.3 Å². The first kappa shape index (κ1) is 20.1. The number of aromatic nitrogens is 2. The second-order valence-electron chi connectivity index (χ2n) is 6.16. The summed E-state index contributed by atoms with van der Waals surface area (Å²) in [6, 6.07) is 11.3. The first-order valence-corrected chi connectivity index (χ1v) is 8.35. The van der Waals surface area contributed by atoms with E-state index in [9.17, 15) is 28.1 Å². The minimum Gasteiger partial charge on any atom is -0.283 e. The van der Waals surface area contributed by atoms with Crippen LogP contribution in [-0.4, -0.2) is 20.5 Å². The summed E-state index contributed by atoms with van der Waals surface area (Å²) in [5.41, 5.74) is -2.39. The molecule has 0 aliphatic heterocycles. The number of rotatable bonds is 4. The van der Waals surface area contributed by atoms with E-state index in [1.165, 1.54) is 9.36 Å². The lowest BCUT2D eigenvalue weighted by Crippen LogP contribution is -2.19. The SMILES string of the molecule is Cc1c(N=Cc2c([N+](=O)[O-])cccc2C(F)(F)F)c(=O)n(-c2ccccc2)n1C. The predicted molar refractivity (Wildman–Crippen MR) is 101 cm³/mol. The molecule has 2 aromatic carbocycles. The summed E-state index contributed by atoms with van der Waals surface area (Å²) in [5.74, 6) is 0. The molecule has 1 heterocycles. The molecule has 0 fully saturated rings. The highest BCUT2D eigenvalue weighted by Gasteiger charge is 2.36. The molecule has 0 N–H and O–H groups in total. The molecular weight excluding hydrogens is 389 g/mol. The van der Waals surface area contributed by atoms with Gasteiger partial charge in [-0.05, 0) is 25.1 Å². The molecular formula is C19H15F3N4O3. The smallest absolute Gasteiger partial charge is 0.283 e. The van der Waals surface area contributed by atoms with E-state index in [2.05, 4.69) is 4.99 Å². The minimum atomic E-state index is -4.82. The fourth-order valence-electron chi connectivity index (χ4n) is 2.93. The number of hydrogen-bond donors (Lipinski definition) is 0. The molecule has 0 aliphatic rings. The van der Waals surface area contributed by atoms with Crippen molar-refractivity contribution in [2.24, 2.45) is 12.0 Å². The molecule has 0 unspecified atom stereocenters. The van der Waals surface area contributed by atoms with Crippen LogP contribution in [0.2, 0.25) is 0 Å². The summed E-state index contributed by atoms with van der Waals surface area (Å²) < 4.78 is 42.8. The van der Waals surface area contributed by atoms with E-state index in [0.717, 1.165) is 24.4 Å². The van der Waals surface area contributed by atoms with E-state index >= 15 is 0 Å². The third kappa shape index (κ3) is 3.68. The Morgan fingerprint density at radius 1 is 1.10 bits per heavy atom. The molecule has 0 spiro atoms. The number of alkyl halides is 3. The predicted octanol–water partition coefficient (Wildman–Crippen LogP) is 4.16. The van der Waals surface area contributed by atoms with Crippen LogP contribution in [0, 0.1) is 17.0 Å². The van der Waals surface area contributed by atoms with Crippen LogP contribution >= 0.6 is 0 Å². The fraction of sp³-hybridized carbons (Fsp3) is 0.158.